The summed E-state index contributed by atoms with van der Waals surface area (Å²) in [5, 5.41) is 11.2. The molecule has 2 aromatic carbocycles. The molecular formula is C21H23NO4. The van der Waals surface area contributed by atoms with Crippen molar-refractivity contribution in [2.75, 3.05) is 20.3 Å². The van der Waals surface area contributed by atoms with Gasteiger partial charge in [-0.3, -0.25) is 4.99 Å². The third-order valence-electron chi connectivity index (χ3n) is 4.91. The molecule has 26 heavy (non-hydrogen) atoms. The molecule has 0 saturated carbocycles. The van der Waals surface area contributed by atoms with Crippen molar-refractivity contribution in [3.05, 3.63) is 47.0 Å². The Kier molecular flexibility index (Phi) is 4.55. The summed E-state index contributed by atoms with van der Waals surface area (Å²) in [7, 11) is 1.64. The molecule has 2 atom stereocenters. The van der Waals surface area contributed by atoms with Crippen LogP contribution in [0, 0.1) is 0 Å². The summed E-state index contributed by atoms with van der Waals surface area (Å²) < 4.78 is 17.0. The van der Waals surface area contributed by atoms with Gasteiger partial charge in [0, 0.05) is 24.1 Å². The summed E-state index contributed by atoms with van der Waals surface area (Å²) in [6, 6.07) is 9.72. The maximum Gasteiger partial charge on any atom is 0.145 e. The van der Waals surface area contributed by atoms with Crippen LogP contribution < -0.4 is 14.2 Å². The third-order valence-corrected chi connectivity index (χ3v) is 4.91. The van der Waals surface area contributed by atoms with Gasteiger partial charge in [-0.2, -0.15) is 0 Å². The summed E-state index contributed by atoms with van der Waals surface area (Å²) >= 11 is 0. The molecule has 136 valence electrons. The molecule has 0 radical (unpaired) electrons. The molecule has 0 spiro atoms. The van der Waals surface area contributed by atoms with Gasteiger partial charge in [0.2, 0.25) is 0 Å². The van der Waals surface area contributed by atoms with Crippen LogP contribution in [0.4, 0.5) is 5.69 Å². The number of aliphatic hydroxyl groups is 1. The van der Waals surface area contributed by atoms with E-state index in [1.54, 1.807) is 13.3 Å². The van der Waals surface area contributed by atoms with E-state index in [0.29, 0.717) is 18.9 Å². The fourth-order valence-electron chi connectivity index (χ4n) is 3.56. The molecule has 5 nitrogen and oxygen atoms in total. The Bertz CT molecular complexity index is 829. The lowest BCUT2D eigenvalue weighted by Gasteiger charge is -2.28. The zero-order valence-corrected chi connectivity index (χ0v) is 15.1. The highest BCUT2D eigenvalue weighted by molar-refractivity contribution is 5.82. The minimum Gasteiger partial charge on any atom is -0.497 e. The first-order chi connectivity index (χ1) is 12.7. The molecule has 5 heteroatoms. The molecule has 2 aromatic rings. The molecule has 0 fully saturated rings. The number of nitrogens with zero attached hydrogens (tertiary/aromatic N) is 1. The molecule has 2 heterocycles. The normalized spacial score (nSPS) is 20.3. The molecule has 2 aliphatic heterocycles. The molecule has 0 aliphatic carbocycles. The maximum atomic E-state index is 11.2. The van der Waals surface area contributed by atoms with Crippen LogP contribution in [0.1, 0.15) is 42.1 Å². The zero-order valence-electron chi connectivity index (χ0n) is 15.1. The summed E-state index contributed by atoms with van der Waals surface area (Å²) in [5.41, 5.74) is 3.50. The van der Waals surface area contributed by atoms with Crippen molar-refractivity contribution >= 4 is 11.9 Å². The van der Waals surface area contributed by atoms with Crippen LogP contribution in [0.3, 0.4) is 0 Å². The summed E-state index contributed by atoms with van der Waals surface area (Å²) in [5.74, 6) is 2.06. The number of aliphatic imine (C=N–C) groups is 1. The van der Waals surface area contributed by atoms with Gasteiger partial charge in [-0.15, -0.1) is 0 Å². The topological polar surface area (TPSA) is 60.3 Å². The average molecular weight is 353 g/mol. The molecule has 0 amide bonds. The second-order valence-corrected chi connectivity index (χ2v) is 6.59. The van der Waals surface area contributed by atoms with E-state index in [9.17, 15) is 5.11 Å². The monoisotopic (exact) mass is 353 g/mol. The van der Waals surface area contributed by atoms with Crippen molar-refractivity contribution in [3.63, 3.8) is 0 Å². The molecule has 0 bridgehead atoms. The molecule has 2 aliphatic rings. The second-order valence-electron chi connectivity index (χ2n) is 6.59. The minimum atomic E-state index is -0.729. The van der Waals surface area contributed by atoms with Gasteiger partial charge in [-0.05, 0) is 30.2 Å². The van der Waals surface area contributed by atoms with Crippen LogP contribution in [-0.2, 0) is 6.42 Å². The molecule has 2 unspecified atom stereocenters. The summed E-state index contributed by atoms with van der Waals surface area (Å²) in [4.78, 5) is 4.65. The number of hydrogen-bond donors (Lipinski definition) is 1. The quantitative estimate of drug-likeness (QED) is 0.884. The number of methoxy groups -OCH3 is 1. The van der Waals surface area contributed by atoms with Gasteiger partial charge in [-0.25, -0.2) is 0 Å². The predicted octanol–water partition coefficient (Wildman–Crippen LogP) is 3.95. The Labute approximate surface area is 153 Å². The largest absolute Gasteiger partial charge is 0.497 e. The second kappa shape index (κ2) is 7.00. The van der Waals surface area contributed by atoms with E-state index in [2.05, 4.69) is 11.9 Å². The van der Waals surface area contributed by atoms with E-state index in [-0.39, 0.29) is 5.92 Å². The van der Waals surface area contributed by atoms with Crippen molar-refractivity contribution in [1.82, 2.24) is 0 Å². The van der Waals surface area contributed by atoms with Gasteiger partial charge in [-0.1, -0.05) is 19.1 Å². The highest BCUT2D eigenvalue weighted by Crippen LogP contribution is 2.51. The van der Waals surface area contributed by atoms with Crippen LogP contribution in [0.25, 0.3) is 0 Å². The molecular weight excluding hydrogens is 330 g/mol. The van der Waals surface area contributed by atoms with E-state index in [1.165, 1.54) is 0 Å². The lowest BCUT2D eigenvalue weighted by atomic mass is 9.85. The fraction of sp³-hybridized carbons (Fsp3) is 0.381. The first-order valence-electron chi connectivity index (χ1n) is 9.04. The predicted molar refractivity (Wildman–Crippen MR) is 100 cm³/mol. The van der Waals surface area contributed by atoms with Gasteiger partial charge in [0.25, 0.3) is 0 Å². The van der Waals surface area contributed by atoms with Gasteiger partial charge in [0.15, 0.2) is 0 Å². The number of benzene rings is 2. The summed E-state index contributed by atoms with van der Waals surface area (Å²) in [6.45, 7) is 3.32. The van der Waals surface area contributed by atoms with Crippen molar-refractivity contribution in [2.45, 2.75) is 31.8 Å². The van der Waals surface area contributed by atoms with Crippen LogP contribution in [0.2, 0.25) is 0 Å². The molecule has 0 aromatic heterocycles. The number of rotatable bonds is 5. The Morgan fingerprint density at radius 3 is 2.81 bits per heavy atom. The standard InChI is InChI=1S/C21H23NO4/c1-3-9-25-17-11-14-8-10-26-21(14)18-19(17)22-12-16(20(18)23)13-4-6-15(24-2)7-5-13/h4-7,11-12,16,20,23H,3,8-10H2,1-2H3. The van der Waals surface area contributed by atoms with Crippen LogP contribution >= 0.6 is 0 Å². The minimum absolute atomic E-state index is 0.233. The van der Waals surface area contributed by atoms with Gasteiger partial charge >= 0.3 is 0 Å². The van der Waals surface area contributed by atoms with E-state index in [1.807, 2.05) is 30.3 Å². The van der Waals surface area contributed by atoms with Gasteiger partial charge in [0.05, 0.1) is 32.0 Å². The van der Waals surface area contributed by atoms with E-state index < -0.39 is 6.10 Å². The Balaban J connectivity index is 1.75. The number of hydrogen-bond acceptors (Lipinski definition) is 5. The first-order valence-corrected chi connectivity index (χ1v) is 9.04. The molecule has 1 N–H and O–H groups in total. The highest BCUT2D eigenvalue weighted by atomic mass is 16.5. The fourth-order valence-corrected chi connectivity index (χ4v) is 3.56. The van der Waals surface area contributed by atoms with Crippen molar-refractivity contribution in [2.24, 2.45) is 4.99 Å². The Morgan fingerprint density at radius 1 is 1.27 bits per heavy atom. The molecule has 4 rings (SSSR count). The molecule has 0 saturated heterocycles. The third kappa shape index (κ3) is 2.82. The SMILES string of the molecule is CCCOc1cc2c(c3c1N=CC(c1ccc(OC)cc1)C3O)OCC2. The Hall–Kier alpha value is -2.53. The van der Waals surface area contributed by atoms with Gasteiger partial charge in [0.1, 0.15) is 22.9 Å². The van der Waals surface area contributed by atoms with E-state index in [4.69, 9.17) is 14.2 Å². The zero-order chi connectivity index (χ0) is 18.1. The Morgan fingerprint density at radius 2 is 2.08 bits per heavy atom. The number of ether oxygens (including phenoxy) is 3. The average Bonchev–Trinajstić information content (AvgIpc) is 3.14. The summed E-state index contributed by atoms with van der Waals surface area (Å²) in [6.07, 6.45) is 2.82. The lowest BCUT2D eigenvalue weighted by molar-refractivity contribution is 0.163. The van der Waals surface area contributed by atoms with Crippen LogP contribution in [-0.4, -0.2) is 31.6 Å². The lowest BCUT2D eigenvalue weighted by Crippen LogP contribution is -2.17. The first kappa shape index (κ1) is 16.9. The highest BCUT2D eigenvalue weighted by Gasteiger charge is 2.35. The smallest absolute Gasteiger partial charge is 0.145 e. The van der Waals surface area contributed by atoms with Crippen LogP contribution in [0.15, 0.2) is 35.3 Å². The van der Waals surface area contributed by atoms with Crippen LogP contribution in [0.5, 0.6) is 17.2 Å². The van der Waals surface area contributed by atoms with Crippen molar-refractivity contribution in [1.29, 1.82) is 0 Å². The number of fused-ring (bicyclic) bond motifs is 3. The maximum absolute atomic E-state index is 11.2. The van der Waals surface area contributed by atoms with E-state index in [0.717, 1.165) is 46.8 Å². The van der Waals surface area contributed by atoms with Crippen molar-refractivity contribution < 1.29 is 19.3 Å². The van der Waals surface area contributed by atoms with E-state index >= 15 is 0 Å². The number of aliphatic hydroxyl groups excluding tert-OH is 1. The van der Waals surface area contributed by atoms with Crippen molar-refractivity contribution in [3.8, 4) is 17.2 Å². The van der Waals surface area contributed by atoms with Gasteiger partial charge < -0.3 is 19.3 Å².